The fraction of sp³-hybridized carbons (Fsp3) is 0. The van der Waals surface area contributed by atoms with Gasteiger partial charge >= 0.3 is 103 Å². The van der Waals surface area contributed by atoms with Crippen molar-refractivity contribution in [3.63, 3.8) is 0 Å². The van der Waals surface area contributed by atoms with Crippen LogP contribution in [0.5, 0.6) is 0 Å². The van der Waals surface area contributed by atoms with E-state index in [4.69, 9.17) is 0 Å². The molecule has 0 aromatic rings. The summed E-state index contributed by atoms with van der Waals surface area (Å²) in [6.07, 6.45) is 2.98. The number of rotatable bonds is 1. The molecule has 0 atom stereocenters. The molecule has 7 heteroatoms. The topological polar surface area (TPSA) is 92.6 Å². The molecule has 0 amide bonds. The van der Waals surface area contributed by atoms with Crippen molar-refractivity contribution >= 4 is 17.5 Å². The minimum absolute atomic E-state index is 0. The number of ketones is 1. The first-order valence-corrected chi connectivity index (χ1v) is 3.01. The average Bonchev–Trinajstić information content (AvgIpc) is 2.05. The Hall–Kier alpha value is 1.36. The molecule has 1 rings (SSSR count). The zero-order valence-corrected chi connectivity index (χ0v) is 14.1. The van der Waals surface area contributed by atoms with Crippen LogP contribution in [0.4, 0.5) is 0 Å². The van der Waals surface area contributed by atoms with Crippen molar-refractivity contribution in [1.29, 1.82) is 0 Å². The minimum Gasteiger partial charge on any atom is -0.792 e. The van der Waals surface area contributed by atoms with E-state index >= 15 is 0 Å². The van der Waals surface area contributed by atoms with Gasteiger partial charge in [-0.25, -0.2) is 0 Å². The summed E-state index contributed by atoms with van der Waals surface area (Å²) in [6.45, 7) is 0. The van der Waals surface area contributed by atoms with Gasteiger partial charge in [-0.1, -0.05) is 0 Å². The Morgan fingerprint density at radius 3 is 2.29 bits per heavy atom. The van der Waals surface area contributed by atoms with Gasteiger partial charge in [-0.05, 0) is 18.2 Å². The molecule has 0 N–H and O–H groups in total. The molecule has 0 unspecified atom stereocenters. The maximum atomic E-state index is 10.8. The second-order valence-corrected chi connectivity index (χ2v) is 2.06. The Kier molecular flexibility index (Phi) is 10.8. The third-order valence-electron chi connectivity index (χ3n) is 1.29. The first-order valence-electron chi connectivity index (χ1n) is 3.01. The first-order chi connectivity index (χ1) is 5.65. The van der Waals surface area contributed by atoms with Gasteiger partial charge in [-0.2, -0.15) is 0 Å². The largest absolute Gasteiger partial charge is 1.00 e. The third kappa shape index (κ3) is 4.93. The Bertz CT molecular complexity index is 333. The monoisotopic (exact) mass is 243 g/mol. The van der Waals surface area contributed by atoms with Gasteiger partial charge in [-0.3, -0.25) is 4.79 Å². The summed E-state index contributed by atoms with van der Waals surface area (Å²) in [7, 11) is 0. The number of carboxylic acids is 1. The van der Waals surface area contributed by atoms with E-state index in [2.05, 4.69) is 5.16 Å². The number of aliphatic carboxylic acids is 1. The van der Waals surface area contributed by atoms with Crippen LogP contribution in [0.3, 0.4) is 0 Å². The molecule has 0 saturated heterocycles. The summed E-state index contributed by atoms with van der Waals surface area (Å²) in [5.41, 5.74) is -0.652. The van der Waals surface area contributed by atoms with Crippen molar-refractivity contribution in [3.8, 4) is 0 Å². The molecule has 0 aliphatic heterocycles. The number of hydrogen-bond acceptors (Lipinski definition) is 5. The molecule has 0 heterocycles. The van der Waals surface area contributed by atoms with Crippen molar-refractivity contribution in [1.82, 2.24) is 0 Å². The predicted molar refractivity (Wildman–Crippen MR) is 38.0 cm³/mol. The van der Waals surface area contributed by atoms with Crippen molar-refractivity contribution < 1.29 is 117 Å². The van der Waals surface area contributed by atoms with Crippen LogP contribution in [0.1, 0.15) is 0 Å². The molecule has 0 radical (unpaired) electrons. The number of carbonyl (C=O) groups excluding carboxylic acids is 2. The third-order valence-corrected chi connectivity index (χ3v) is 1.29. The average molecular weight is 243 g/mol. The predicted octanol–water partition coefficient (Wildman–Crippen LogP) is -7.25. The van der Waals surface area contributed by atoms with E-state index in [-0.39, 0.29) is 108 Å². The van der Waals surface area contributed by atoms with Gasteiger partial charge in [0.15, 0.2) is 5.78 Å². The summed E-state index contributed by atoms with van der Waals surface area (Å²) in [5.74, 6) is -2.30. The van der Waals surface area contributed by atoms with Crippen LogP contribution in [-0.2, 0) is 9.59 Å². The van der Waals surface area contributed by atoms with Crippen molar-refractivity contribution in [2.24, 2.45) is 5.16 Å². The van der Waals surface area contributed by atoms with Gasteiger partial charge in [0.2, 0.25) is 0 Å². The Morgan fingerprint density at radius 1 is 1.29 bits per heavy atom. The zero-order chi connectivity index (χ0) is 9.14. The first kappa shape index (κ1) is 17.7. The summed E-state index contributed by atoms with van der Waals surface area (Å²) in [6, 6.07) is 0. The summed E-state index contributed by atoms with van der Waals surface area (Å²) in [5, 5.41) is 22.6. The molecule has 0 saturated carbocycles. The Morgan fingerprint density at radius 2 is 1.86 bits per heavy atom. The van der Waals surface area contributed by atoms with Crippen LogP contribution in [-0.4, -0.2) is 17.5 Å². The maximum Gasteiger partial charge on any atom is 1.00 e. The number of carbonyl (C=O) groups is 2. The number of carboxylic acid groups (broad SMARTS) is 1. The molecule has 0 spiro atoms. The summed E-state index contributed by atoms with van der Waals surface area (Å²) in [4.78, 5) is 21.0. The fourth-order valence-electron chi connectivity index (χ4n) is 0.734. The van der Waals surface area contributed by atoms with Crippen LogP contribution in [0.2, 0.25) is 0 Å². The molecule has 0 fully saturated rings. The standard InChI is InChI=1S/C7H5NO4.2K/c9-6-2-1-4(8-12)3-5(6)7(10)11;;/h1-3,12H,(H,10,11);;/q;2*+1/p-2/b8-4+;;. The van der Waals surface area contributed by atoms with Gasteiger partial charge < -0.3 is 20.3 Å². The number of nitrogens with zero attached hydrogens (tertiary/aromatic N) is 1. The molecule has 14 heavy (non-hydrogen) atoms. The van der Waals surface area contributed by atoms with Crippen LogP contribution in [0.15, 0.2) is 29.0 Å². The minimum atomic E-state index is -1.61. The fourth-order valence-corrected chi connectivity index (χ4v) is 0.734. The zero-order valence-electron chi connectivity index (χ0n) is 7.81. The van der Waals surface area contributed by atoms with Crippen LogP contribution in [0, 0.1) is 5.21 Å². The molecule has 0 aromatic carbocycles. The second kappa shape index (κ2) is 8.51. The van der Waals surface area contributed by atoms with E-state index < -0.39 is 17.3 Å². The SMILES string of the molecule is O=C([O-])C1=C/C(=N/[O-])C=CC1=O.[K+].[K+]. The van der Waals surface area contributed by atoms with Gasteiger partial charge in [0, 0.05) is 5.57 Å². The molecule has 0 aromatic heterocycles. The number of hydrogen-bond donors (Lipinski definition) is 0. The van der Waals surface area contributed by atoms with E-state index in [9.17, 15) is 19.9 Å². The molecule has 5 nitrogen and oxygen atoms in total. The van der Waals surface area contributed by atoms with Crippen molar-refractivity contribution in [2.45, 2.75) is 0 Å². The molecular weight excluding hydrogens is 240 g/mol. The van der Waals surface area contributed by atoms with Crippen LogP contribution < -0.4 is 108 Å². The Balaban J connectivity index is 0. The van der Waals surface area contributed by atoms with Gasteiger partial charge in [0.05, 0.1) is 11.7 Å². The van der Waals surface area contributed by atoms with E-state index in [1.54, 1.807) is 0 Å². The second-order valence-electron chi connectivity index (χ2n) is 2.06. The van der Waals surface area contributed by atoms with Crippen molar-refractivity contribution in [3.05, 3.63) is 29.0 Å². The van der Waals surface area contributed by atoms with Gasteiger partial charge in [0.1, 0.15) is 0 Å². The molecular formula is C7H3K2NO4. The quantitative estimate of drug-likeness (QED) is 0.198. The number of allylic oxidation sites excluding steroid dienone is 3. The van der Waals surface area contributed by atoms with Crippen LogP contribution in [0.25, 0.3) is 0 Å². The molecule has 1 aliphatic rings. The Labute approximate surface area is 165 Å². The van der Waals surface area contributed by atoms with Gasteiger partial charge in [-0.15, -0.1) is 0 Å². The summed E-state index contributed by atoms with van der Waals surface area (Å²) < 4.78 is 0. The normalized spacial score (nSPS) is 16.7. The maximum absolute atomic E-state index is 10.8. The smallest absolute Gasteiger partial charge is 0.792 e. The van der Waals surface area contributed by atoms with E-state index in [1.165, 1.54) is 0 Å². The molecule has 1 aliphatic carbocycles. The molecule has 62 valence electrons. The molecule has 0 bridgehead atoms. The van der Waals surface area contributed by atoms with Crippen molar-refractivity contribution in [2.75, 3.05) is 0 Å². The summed E-state index contributed by atoms with van der Waals surface area (Å²) >= 11 is 0. The van der Waals surface area contributed by atoms with Crippen LogP contribution >= 0.6 is 0 Å². The van der Waals surface area contributed by atoms with Gasteiger partial charge in [0.25, 0.3) is 0 Å². The van der Waals surface area contributed by atoms with E-state index in [0.717, 1.165) is 18.2 Å². The van der Waals surface area contributed by atoms with E-state index in [1.807, 2.05) is 0 Å². The van der Waals surface area contributed by atoms with E-state index in [0.29, 0.717) is 0 Å².